The fourth-order valence-corrected chi connectivity index (χ4v) is 2.47. The lowest BCUT2D eigenvalue weighted by molar-refractivity contribution is 0.416. The largest absolute Gasteiger partial charge is 0.496 e. The molecule has 0 atom stereocenters. The van der Waals surface area contributed by atoms with Crippen molar-refractivity contribution in [3.05, 3.63) is 58.1 Å². The number of fused-ring (bicyclic) bond motifs is 1. The Bertz CT molecular complexity index is 882. The quantitative estimate of drug-likeness (QED) is 0.784. The average Bonchev–Trinajstić information content (AvgIpc) is 2.47. The number of benzene rings is 2. The number of methoxy groups -OCH3 is 1. The molecule has 3 rings (SSSR count). The van der Waals surface area contributed by atoms with E-state index in [9.17, 15) is 4.79 Å². The fourth-order valence-electron chi connectivity index (χ4n) is 2.47. The molecule has 0 spiro atoms. The molecule has 3 aromatic rings. The van der Waals surface area contributed by atoms with Gasteiger partial charge in [0.25, 0.3) is 5.56 Å². The average molecular weight is 280 g/mol. The molecular formula is C17H16N2O2. The van der Waals surface area contributed by atoms with E-state index >= 15 is 0 Å². The zero-order valence-electron chi connectivity index (χ0n) is 12.2. The number of rotatable bonds is 2. The third kappa shape index (κ3) is 2.40. The summed E-state index contributed by atoms with van der Waals surface area (Å²) in [4.78, 5) is 19.2. The van der Waals surface area contributed by atoms with Crippen LogP contribution in [0.15, 0.2) is 41.2 Å². The van der Waals surface area contributed by atoms with Gasteiger partial charge in [0, 0.05) is 5.56 Å². The van der Waals surface area contributed by atoms with Crippen molar-refractivity contribution in [3.8, 4) is 16.9 Å². The Morgan fingerprint density at radius 1 is 1.10 bits per heavy atom. The van der Waals surface area contributed by atoms with Crippen molar-refractivity contribution >= 4 is 10.9 Å². The zero-order chi connectivity index (χ0) is 15.0. The molecule has 0 bridgehead atoms. The van der Waals surface area contributed by atoms with E-state index in [-0.39, 0.29) is 5.56 Å². The maximum Gasteiger partial charge on any atom is 0.258 e. The molecule has 21 heavy (non-hydrogen) atoms. The van der Waals surface area contributed by atoms with Crippen molar-refractivity contribution in [2.45, 2.75) is 13.8 Å². The fraction of sp³-hybridized carbons (Fsp3) is 0.176. The molecule has 0 saturated carbocycles. The van der Waals surface area contributed by atoms with Gasteiger partial charge in [0.1, 0.15) is 11.6 Å². The van der Waals surface area contributed by atoms with Crippen molar-refractivity contribution in [2.75, 3.05) is 7.11 Å². The summed E-state index contributed by atoms with van der Waals surface area (Å²) in [5, 5.41) is 0.585. The lowest BCUT2D eigenvalue weighted by Gasteiger charge is -2.10. The summed E-state index contributed by atoms with van der Waals surface area (Å²) in [6.45, 7) is 3.81. The third-order valence-electron chi connectivity index (χ3n) is 3.49. The van der Waals surface area contributed by atoms with E-state index in [1.807, 2.05) is 37.3 Å². The lowest BCUT2D eigenvalue weighted by atomic mass is 10.0. The number of nitrogens with zero attached hydrogens (tertiary/aromatic N) is 1. The number of hydrogen-bond acceptors (Lipinski definition) is 3. The highest BCUT2D eigenvalue weighted by Gasteiger charge is 2.09. The molecule has 0 unspecified atom stereocenters. The van der Waals surface area contributed by atoms with Crippen molar-refractivity contribution in [3.63, 3.8) is 0 Å². The van der Waals surface area contributed by atoms with Crippen LogP contribution >= 0.6 is 0 Å². The minimum atomic E-state index is -0.119. The van der Waals surface area contributed by atoms with Gasteiger partial charge in [-0.25, -0.2) is 4.98 Å². The molecular weight excluding hydrogens is 264 g/mol. The summed E-state index contributed by atoms with van der Waals surface area (Å²) < 4.78 is 5.41. The molecule has 1 aromatic heterocycles. The maximum atomic E-state index is 12.1. The summed E-state index contributed by atoms with van der Waals surface area (Å²) in [5.41, 5.74) is 3.64. The second kappa shape index (κ2) is 5.05. The Kier molecular flexibility index (Phi) is 3.22. The summed E-state index contributed by atoms with van der Waals surface area (Å²) in [6, 6.07) is 11.7. The summed E-state index contributed by atoms with van der Waals surface area (Å²) in [6.07, 6.45) is 0. The number of aromatic amines is 1. The van der Waals surface area contributed by atoms with Gasteiger partial charge in [-0.2, -0.15) is 0 Å². The Hall–Kier alpha value is -2.62. The van der Waals surface area contributed by atoms with E-state index in [0.29, 0.717) is 16.7 Å². The maximum absolute atomic E-state index is 12.1. The van der Waals surface area contributed by atoms with Crippen LogP contribution in [0.5, 0.6) is 5.75 Å². The van der Waals surface area contributed by atoms with E-state index in [1.54, 1.807) is 14.0 Å². The number of nitrogens with one attached hydrogen (secondary N) is 1. The van der Waals surface area contributed by atoms with Crippen LogP contribution in [0.2, 0.25) is 0 Å². The van der Waals surface area contributed by atoms with Crippen LogP contribution in [-0.4, -0.2) is 17.1 Å². The molecule has 106 valence electrons. The van der Waals surface area contributed by atoms with Gasteiger partial charge in [-0.3, -0.25) is 4.79 Å². The molecule has 0 aliphatic rings. The zero-order valence-corrected chi connectivity index (χ0v) is 12.2. The molecule has 0 saturated heterocycles. The van der Waals surface area contributed by atoms with Gasteiger partial charge >= 0.3 is 0 Å². The van der Waals surface area contributed by atoms with Crippen molar-refractivity contribution in [1.82, 2.24) is 9.97 Å². The summed E-state index contributed by atoms with van der Waals surface area (Å²) >= 11 is 0. The molecule has 1 heterocycles. The van der Waals surface area contributed by atoms with Gasteiger partial charge in [-0.05, 0) is 43.7 Å². The van der Waals surface area contributed by atoms with Crippen molar-refractivity contribution in [2.24, 2.45) is 0 Å². The predicted molar refractivity (Wildman–Crippen MR) is 83.8 cm³/mol. The minimum Gasteiger partial charge on any atom is -0.496 e. The first kappa shape index (κ1) is 13.4. The van der Waals surface area contributed by atoms with E-state index in [2.05, 4.69) is 16.0 Å². The molecule has 0 aliphatic heterocycles. The minimum absolute atomic E-state index is 0.119. The second-order valence-corrected chi connectivity index (χ2v) is 5.09. The molecule has 0 fully saturated rings. The van der Waals surface area contributed by atoms with Gasteiger partial charge in [-0.1, -0.05) is 17.7 Å². The third-order valence-corrected chi connectivity index (χ3v) is 3.49. The van der Waals surface area contributed by atoms with E-state index < -0.39 is 0 Å². The van der Waals surface area contributed by atoms with Gasteiger partial charge in [0.15, 0.2) is 0 Å². The second-order valence-electron chi connectivity index (χ2n) is 5.09. The van der Waals surface area contributed by atoms with Crippen LogP contribution in [0.25, 0.3) is 22.0 Å². The Morgan fingerprint density at radius 2 is 1.90 bits per heavy atom. The predicted octanol–water partition coefficient (Wildman–Crippen LogP) is 3.22. The highest BCUT2D eigenvalue weighted by Crippen LogP contribution is 2.31. The van der Waals surface area contributed by atoms with E-state index in [4.69, 9.17) is 4.74 Å². The van der Waals surface area contributed by atoms with Crippen LogP contribution in [0.4, 0.5) is 0 Å². The lowest BCUT2D eigenvalue weighted by Crippen LogP contribution is -2.09. The molecule has 0 radical (unpaired) electrons. The smallest absolute Gasteiger partial charge is 0.258 e. The van der Waals surface area contributed by atoms with E-state index in [0.717, 1.165) is 22.4 Å². The van der Waals surface area contributed by atoms with Crippen LogP contribution < -0.4 is 10.3 Å². The molecule has 4 heteroatoms. The van der Waals surface area contributed by atoms with E-state index in [1.165, 1.54) is 0 Å². The van der Waals surface area contributed by atoms with Crippen LogP contribution in [0, 0.1) is 13.8 Å². The van der Waals surface area contributed by atoms with Crippen LogP contribution in [-0.2, 0) is 0 Å². The first-order chi connectivity index (χ1) is 10.1. The van der Waals surface area contributed by atoms with Crippen molar-refractivity contribution in [1.29, 1.82) is 0 Å². The SMILES string of the molecule is COc1ccc(C)cc1-c1ccc2nc(C)[nH]c(=O)c2c1. The number of hydrogen-bond donors (Lipinski definition) is 1. The number of H-pyrrole nitrogens is 1. The highest BCUT2D eigenvalue weighted by molar-refractivity contribution is 5.85. The molecule has 0 aliphatic carbocycles. The van der Waals surface area contributed by atoms with Gasteiger partial charge in [0.05, 0.1) is 18.0 Å². The molecule has 2 aromatic carbocycles. The Morgan fingerprint density at radius 3 is 2.67 bits per heavy atom. The molecule has 0 amide bonds. The van der Waals surface area contributed by atoms with Crippen LogP contribution in [0.1, 0.15) is 11.4 Å². The Balaban J connectivity index is 2.27. The first-order valence-corrected chi connectivity index (χ1v) is 6.74. The van der Waals surface area contributed by atoms with Crippen molar-refractivity contribution < 1.29 is 4.74 Å². The first-order valence-electron chi connectivity index (χ1n) is 6.74. The normalized spacial score (nSPS) is 10.8. The van der Waals surface area contributed by atoms with Gasteiger partial charge < -0.3 is 9.72 Å². The summed E-state index contributed by atoms with van der Waals surface area (Å²) in [7, 11) is 1.65. The Labute approximate surface area is 122 Å². The highest BCUT2D eigenvalue weighted by atomic mass is 16.5. The van der Waals surface area contributed by atoms with Crippen LogP contribution in [0.3, 0.4) is 0 Å². The van der Waals surface area contributed by atoms with Gasteiger partial charge in [0.2, 0.25) is 0 Å². The summed E-state index contributed by atoms with van der Waals surface area (Å²) in [5.74, 6) is 1.41. The molecule has 1 N–H and O–H groups in total. The standard InChI is InChI=1S/C17H16N2O2/c1-10-4-7-16(21-3)13(8-10)12-5-6-15-14(9-12)17(20)19-11(2)18-15/h4-9H,1-3H3,(H,18,19,20). The topological polar surface area (TPSA) is 55.0 Å². The van der Waals surface area contributed by atoms with Gasteiger partial charge in [-0.15, -0.1) is 0 Å². The monoisotopic (exact) mass is 280 g/mol. The number of aryl methyl sites for hydroxylation is 2. The molecule has 4 nitrogen and oxygen atoms in total. The number of ether oxygens (including phenoxy) is 1. The number of aromatic nitrogens is 2.